The van der Waals surface area contributed by atoms with E-state index in [9.17, 15) is 8.42 Å². The van der Waals surface area contributed by atoms with E-state index in [1.165, 1.54) is 10.4 Å². The fourth-order valence-corrected chi connectivity index (χ4v) is 2.68. The molecule has 0 aliphatic heterocycles. The van der Waals surface area contributed by atoms with Gasteiger partial charge in [-0.25, -0.2) is 8.42 Å². The number of nitrogens with zero attached hydrogens (tertiary/aromatic N) is 1. The first kappa shape index (κ1) is 14.6. The smallest absolute Gasteiger partial charge is 0.214 e. The molecule has 0 aliphatic rings. The first-order valence-electron chi connectivity index (χ1n) is 4.98. The van der Waals surface area contributed by atoms with Crippen molar-refractivity contribution in [2.45, 2.75) is 12.8 Å². The van der Waals surface area contributed by atoms with Crippen molar-refractivity contribution >= 4 is 10.0 Å². The number of sulfonamides is 1. The highest BCUT2D eigenvalue weighted by Gasteiger charge is 2.19. The summed E-state index contributed by atoms with van der Waals surface area (Å²) in [4.78, 5) is 0. The minimum Gasteiger partial charge on any atom is -0.395 e. The van der Waals surface area contributed by atoms with E-state index in [1.807, 2.05) is 0 Å². The summed E-state index contributed by atoms with van der Waals surface area (Å²) in [5.41, 5.74) is 5.29. The summed E-state index contributed by atoms with van der Waals surface area (Å²) in [7, 11) is -3.27. The average molecular weight is 236 g/mol. The van der Waals surface area contributed by atoms with Crippen molar-refractivity contribution in [3.63, 3.8) is 0 Å². The SMILES string of the molecule is C=CCN(CCO)S(=O)(=O)CCCCN. The Bertz CT molecular complexity index is 265. The number of aliphatic hydroxyl groups is 1. The van der Waals surface area contributed by atoms with E-state index in [0.717, 1.165) is 0 Å². The quantitative estimate of drug-likeness (QED) is 0.419. The van der Waals surface area contributed by atoms with Crippen molar-refractivity contribution in [1.29, 1.82) is 0 Å². The van der Waals surface area contributed by atoms with Crippen LogP contribution in [0.5, 0.6) is 0 Å². The minimum absolute atomic E-state index is 0.0814. The molecule has 0 heterocycles. The van der Waals surface area contributed by atoms with E-state index in [0.29, 0.717) is 19.4 Å². The molecule has 0 aromatic heterocycles. The third-order valence-electron chi connectivity index (χ3n) is 1.93. The summed E-state index contributed by atoms with van der Waals surface area (Å²) >= 11 is 0. The Morgan fingerprint density at radius 2 is 2.07 bits per heavy atom. The average Bonchev–Trinajstić information content (AvgIpc) is 2.18. The summed E-state index contributed by atoms with van der Waals surface area (Å²) in [6.45, 7) is 4.17. The molecule has 0 aromatic rings. The molecule has 0 rings (SSSR count). The minimum atomic E-state index is -3.27. The van der Waals surface area contributed by atoms with Gasteiger partial charge < -0.3 is 10.8 Å². The molecule has 0 atom stereocenters. The van der Waals surface area contributed by atoms with Crippen molar-refractivity contribution in [1.82, 2.24) is 4.31 Å². The van der Waals surface area contributed by atoms with Crippen molar-refractivity contribution in [2.24, 2.45) is 5.73 Å². The molecule has 0 saturated carbocycles. The second kappa shape index (κ2) is 7.81. The summed E-state index contributed by atoms with van der Waals surface area (Å²) in [6.07, 6.45) is 2.76. The predicted molar refractivity (Wildman–Crippen MR) is 60.9 cm³/mol. The van der Waals surface area contributed by atoms with Gasteiger partial charge in [0.05, 0.1) is 12.4 Å². The van der Waals surface area contributed by atoms with Crippen LogP contribution in [0.4, 0.5) is 0 Å². The highest BCUT2D eigenvalue weighted by atomic mass is 32.2. The molecule has 0 radical (unpaired) electrons. The van der Waals surface area contributed by atoms with E-state index in [1.54, 1.807) is 0 Å². The number of unbranched alkanes of at least 4 members (excludes halogenated alkanes) is 1. The maximum atomic E-state index is 11.7. The van der Waals surface area contributed by atoms with Crippen molar-refractivity contribution in [2.75, 3.05) is 32.0 Å². The molecule has 6 heteroatoms. The molecule has 0 saturated heterocycles. The van der Waals surface area contributed by atoms with Crippen LogP contribution in [-0.2, 0) is 10.0 Å². The number of hydrogen-bond donors (Lipinski definition) is 2. The van der Waals surface area contributed by atoms with Crippen LogP contribution >= 0.6 is 0 Å². The van der Waals surface area contributed by atoms with Crippen molar-refractivity contribution in [3.05, 3.63) is 12.7 Å². The van der Waals surface area contributed by atoms with E-state index in [2.05, 4.69) is 6.58 Å². The lowest BCUT2D eigenvalue weighted by Crippen LogP contribution is -2.35. The van der Waals surface area contributed by atoms with Gasteiger partial charge in [-0.2, -0.15) is 4.31 Å². The van der Waals surface area contributed by atoms with Crippen LogP contribution in [0, 0.1) is 0 Å². The summed E-state index contributed by atoms with van der Waals surface area (Å²) < 4.78 is 24.7. The second-order valence-electron chi connectivity index (χ2n) is 3.18. The van der Waals surface area contributed by atoms with Gasteiger partial charge in [-0.1, -0.05) is 6.08 Å². The first-order valence-corrected chi connectivity index (χ1v) is 6.59. The van der Waals surface area contributed by atoms with E-state index < -0.39 is 10.0 Å². The van der Waals surface area contributed by atoms with Gasteiger partial charge in [0.2, 0.25) is 10.0 Å². The van der Waals surface area contributed by atoms with Crippen molar-refractivity contribution < 1.29 is 13.5 Å². The van der Waals surface area contributed by atoms with Crippen LogP contribution in [0.3, 0.4) is 0 Å². The Morgan fingerprint density at radius 1 is 1.40 bits per heavy atom. The molecule has 90 valence electrons. The van der Waals surface area contributed by atoms with Crippen LogP contribution in [0.1, 0.15) is 12.8 Å². The van der Waals surface area contributed by atoms with Gasteiger partial charge in [-0.3, -0.25) is 0 Å². The van der Waals surface area contributed by atoms with Crippen LogP contribution in [-0.4, -0.2) is 49.8 Å². The number of hydrogen-bond acceptors (Lipinski definition) is 4. The first-order chi connectivity index (χ1) is 7.08. The molecule has 0 spiro atoms. The van der Waals surface area contributed by atoms with Gasteiger partial charge in [0.25, 0.3) is 0 Å². The molecule has 0 amide bonds. The second-order valence-corrected chi connectivity index (χ2v) is 5.27. The normalized spacial score (nSPS) is 11.9. The van der Waals surface area contributed by atoms with Crippen LogP contribution in [0.15, 0.2) is 12.7 Å². The molecule has 15 heavy (non-hydrogen) atoms. The third kappa shape index (κ3) is 5.88. The molecule has 5 nitrogen and oxygen atoms in total. The molecule has 0 unspecified atom stereocenters. The van der Waals surface area contributed by atoms with E-state index in [4.69, 9.17) is 10.8 Å². The van der Waals surface area contributed by atoms with Crippen LogP contribution in [0.2, 0.25) is 0 Å². The number of rotatable bonds is 9. The molecule has 0 aromatic carbocycles. The van der Waals surface area contributed by atoms with Crippen molar-refractivity contribution in [3.8, 4) is 0 Å². The highest BCUT2D eigenvalue weighted by Crippen LogP contribution is 2.04. The van der Waals surface area contributed by atoms with Gasteiger partial charge in [0.15, 0.2) is 0 Å². The molecule has 3 N–H and O–H groups in total. The Morgan fingerprint density at radius 3 is 2.53 bits per heavy atom. The van der Waals surface area contributed by atoms with Gasteiger partial charge >= 0.3 is 0 Å². The lowest BCUT2D eigenvalue weighted by molar-refractivity contribution is 0.260. The number of aliphatic hydroxyl groups excluding tert-OH is 1. The maximum Gasteiger partial charge on any atom is 0.214 e. The summed E-state index contributed by atoms with van der Waals surface area (Å²) in [5, 5.41) is 8.74. The monoisotopic (exact) mass is 236 g/mol. The fourth-order valence-electron chi connectivity index (χ4n) is 1.16. The van der Waals surface area contributed by atoms with Gasteiger partial charge in [-0.15, -0.1) is 6.58 Å². The highest BCUT2D eigenvalue weighted by molar-refractivity contribution is 7.89. The predicted octanol–water partition coefficient (Wildman–Crippen LogP) is -0.465. The molecular formula is C9H20N2O3S. The number of nitrogens with two attached hydrogens (primary N) is 1. The molecule has 0 bridgehead atoms. The Kier molecular flexibility index (Phi) is 7.59. The van der Waals surface area contributed by atoms with Crippen LogP contribution in [0.25, 0.3) is 0 Å². The van der Waals surface area contributed by atoms with Crippen LogP contribution < -0.4 is 5.73 Å². The van der Waals surface area contributed by atoms with Gasteiger partial charge in [0, 0.05) is 13.1 Å². The largest absolute Gasteiger partial charge is 0.395 e. The topological polar surface area (TPSA) is 83.6 Å². The zero-order chi connectivity index (χ0) is 11.7. The Labute approximate surface area is 91.6 Å². The fraction of sp³-hybridized carbons (Fsp3) is 0.778. The summed E-state index contributed by atoms with van der Waals surface area (Å²) in [6, 6.07) is 0. The van der Waals surface area contributed by atoms with E-state index >= 15 is 0 Å². The van der Waals surface area contributed by atoms with E-state index in [-0.39, 0.29) is 25.4 Å². The zero-order valence-electron chi connectivity index (χ0n) is 8.93. The standard InChI is InChI=1S/C9H20N2O3S/c1-2-6-11(7-8-12)15(13,14)9-4-3-5-10/h2,12H,1,3-10H2. The third-order valence-corrected chi connectivity index (χ3v) is 3.85. The lowest BCUT2D eigenvalue weighted by Gasteiger charge is -2.19. The molecule has 0 fully saturated rings. The van der Waals surface area contributed by atoms with Gasteiger partial charge in [-0.05, 0) is 19.4 Å². The van der Waals surface area contributed by atoms with Gasteiger partial charge in [0.1, 0.15) is 0 Å². The summed E-state index contributed by atoms with van der Waals surface area (Å²) in [5.74, 6) is 0.0814. The lowest BCUT2D eigenvalue weighted by atomic mass is 10.3. The Hall–Kier alpha value is -0.430. The maximum absolute atomic E-state index is 11.7. The zero-order valence-corrected chi connectivity index (χ0v) is 9.75. The molecule has 0 aliphatic carbocycles. The molecular weight excluding hydrogens is 216 g/mol. The Balaban J connectivity index is 4.28.